The molecular weight excluding hydrogens is 204 g/mol. The van der Waals surface area contributed by atoms with Crippen molar-refractivity contribution in [3.8, 4) is 0 Å². The smallest absolute Gasteiger partial charge is 0.225 e. The first-order chi connectivity index (χ1) is 7.40. The molecule has 0 aromatic carbocycles. The molecule has 4 heteroatoms. The van der Waals surface area contributed by atoms with Crippen LogP contribution in [0.25, 0.3) is 0 Å². The summed E-state index contributed by atoms with van der Waals surface area (Å²) in [7, 11) is 0. The summed E-state index contributed by atoms with van der Waals surface area (Å²) < 4.78 is 0. The van der Waals surface area contributed by atoms with Gasteiger partial charge >= 0.3 is 0 Å². The van der Waals surface area contributed by atoms with E-state index in [4.69, 9.17) is 0 Å². The molecule has 0 bridgehead atoms. The van der Waals surface area contributed by atoms with Crippen LogP contribution in [0.5, 0.6) is 0 Å². The molecule has 1 heterocycles. The third-order valence-corrected chi connectivity index (χ3v) is 2.60. The molecule has 0 aromatic heterocycles. The molecule has 2 amide bonds. The summed E-state index contributed by atoms with van der Waals surface area (Å²) in [6, 6.07) is 0.141. The van der Waals surface area contributed by atoms with Gasteiger partial charge in [-0.05, 0) is 19.8 Å². The third kappa shape index (κ3) is 3.51. The highest BCUT2D eigenvalue weighted by molar-refractivity contribution is 5.89. The van der Waals surface area contributed by atoms with E-state index < -0.39 is 0 Å². The highest BCUT2D eigenvalue weighted by atomic mass is 16.2. The number of hydrogen-bond donors (Lipinski definition) is 1. The lowest BCUT2D eigenvalue weighted by Gasteiger charge is -2.19. The van der Waals surface area contributed by atoms with Crippen molar-refractivity contribution < 1.29 is 9.59 Å². The third-order valence-electron chi connectivity index (χ3n) is 2.60. The van der Waals surface area contributed by atoms with Crippen molar-refractivity contribution in [2.45, 2.75) is 40.2 Å². The summed E-state index contributed by atoms with van der Waals surface area (Å²) in [6.07, 6.45) is 0.366. The molecule has 0 aromatic rings. The van der Waals surface area contributed by atoms with E-state index in [9.17, 15) is 9.59 Å². The van der Waals surface area contributed by atoms with E-state index in [0.717, 1.165) is 6.54 Å². The standard InChI is InChI=1S/C12H22N2O2/c1-8(2)6-14-7-10(5-11(14)15)12(16)13-9(3)4/h8-10H,5-7H2,1-4H3,(H,13,16)/t10-/m1/s1. The van der Waals surface area contributed by atoms with Crippen LogP contribution in [-0.2, 0) is 9.59 Å². The van der Waals surface area contributed by atoms with Gasteiger partial charge < -0.3 is 10.2 Å². The molecule has 92 valence electrons. The van der Waals surface area contributed by atoms with Crippen molar-refractivity contribution in [3.63, 3.8) is 0 Å². The van der Waals surface area contributed by atoms with E-state index >= 15 is 0 Å². The van der Waals surface area contributed by atoms with Crippen molar-refractivity contribution in [2.75, 3.05) is 13.1 Å². The van der Waals surface area contributed by atoms with Gasteiger partial charge in [-0.3, -0.25) is 9.59 Å². The van der Waals surface area contributed by atoms with Crippen LogP contribution in [0.4, 0.5) is 0 Å². The van der Waals surface area contributed by atoms with E-state index in [-0.39, 0.29) is 23.8 Å². The molecule has 0 unspecified atom stereocenters. The Morgan fingerprint density at radius 2 is 2.06 bits per heavy atom. The number of rotatable bonds is 4. The number of nitrogens with one attached hydrogen (secondary N) is 1. The van der Waals surface area contributed by atoms with Crippen LogP contribution in [0.3, 0.4) is 0 Å². The topological polar surface area (TPSA) is 49.4 Å². The minimum Gasteiger partial charge on any atom is -0.354 e. The lowest BCUT2D eigenvalue weighted by molar-refractivity contribution is -0.129. The highest BCUT2D eigenvalue weighted by Crippen LogP contribution is 2.19. The van der Waals surface area contributed by atoms with Crippen molar-refractivity contribution in [3.05, 3.63) is 0 Å². The van der Waals surface area contributed by atoms with Crippen LogP contribution in [0, 0.1) is 11.8 Å². The molecule has 1 N–H and O–H groups in total. The lowest BCUT2D eigenvalue weighted by Crippen LogP contribution is -2.37. The molecule has 1 aliphatic rings. The van der Waals surface area contributed by atoms with Gasteiger partial charge in [-0.15, -0.1) is 0 Å². The van der Waals surface area contributed by atoms with Crippen molar-refractivity contribution in [1.82, 2.24) is 10.2 Å². The fraction of sp³-hybridized carbons (Fsp3) is 0.833. The first-order valence-electron chi connectivity index (χ1n) is 5.98. The van der Waals surface area contributed by atoms with Gasteiger partial charge in [0, 0.05) is 25.6 Å². The molecule has 16 heavy (non-hydrogen) atoms. The van der Waals surface area contributed by atoms with Crippen LogP contribution in [0.1, 0.15) is 34.1 Å². The van der Waals surface area contributed by atoms with Crippen LogP contribution in [0.2, 0.25) is 0 Å². The number of hydrogen-bond acceptors (Lipinski definition) is 2. The Morgan fingerprint density at radius 1 is 1.44 bits per heavy atom. The number of carbonyl (C=O) groups is 2. The van der Waals surface area contributed by atoms with Gasteiger partial charge in [-0.1, -0.05) is 13.8 Å². The van der Waals surface area contributed by atoms with Crippen LogP contribution < -0.4 is 5.32 Å². The largest absolute Gasteiger partial charge is 0.354 e. The van der Waals surface area contributed by atoms with Gasteiger partial charge in [0.05, 0.1) is 5.92 Å². The van der Waals surface area contributed by atoms with E-state index in [1.165, 1.54) is 0 Å². The normalized spacial score (nSPS) is 21.0. The molecule has 1 saturated heterocycles. The van der Waals surface area contributed by atoms with Gasteiger partial charge in [0.2, 0.25) is 11.8 Å². The fourth-order valence-electron chi connectivity index (χ4n) is 1.97. The van der Waals surface area contributed by atoms with Gasteiger partial charge in [0.1, 0.15) is 0 Å². The quantitative estimate of drug-likeness (QED) is 0.778. The summed E-state index contributed by atoms with van der Waals surface area (Å²) in [4.78, 5) is 25.2. The predicted octanol–water partition coefficient (Wildman–Crippen LogP) is 1.02. The van der Waals surface area contributed by atoms with Gasteiger partial charge in [0.15, 0.2) is 0 Å². The Kier molecular flexibility index (Phi) is 4.33. The monoisotopic (exact) mass is 226 g/mol. The van der Waals surface area contributed by atoms with Crippen molar-refractivity contribution >= 4 is 11.8 Å². The molecule has 1 fully saturated rings. The second kappa shape index (κ2) is 5.32. The molecule has 0 spiro atoms. The SMILES string of the molecule is CC(C)CN1C[C@H](C(=O)NC(C)C)CC1=O. The maximum absolute atomic E-state index is 11.7. The number of amides is 2. The van der Waals surface area contributed by atoms with Gasteiger partial charge in [-0.25, -0.2) is 0 Å². The first kappa shape index (κ1) is 13.0. The fourth-order valence-corrected chi connectivity index (χ4v) is 1.97. The molecular formula is C12H22N2O2. The summed E-state index contributed by atoms with van der Waals surface area (Å²) in [5.41, 5.74) is 0. The number of carbonyl (C=O) groups excluding carboxylic acids is 2. The zero-order valence-corrected chi connectivity index (χ0v) is 10.6. The highest BCUT2D eigenvalue weighted by Gasteiger charge is 2.34. The van der Waals surface area contributed by atoms with Crippen LogP contribution in [-0.4, -0.2) is 35.8 Å². The Labute approximate surface area is 97.4 Å². The zero-order chi connectivity index (χ0) is 12.3. The number of nitrogens with zero attached hydrogens (tertiary/aromatic N) is 1. The van der Waals surface area contributed by atoms with E-state index in [0.29, 0.717) is 18.9 Å². The van der Waals surface area contributed by atoms with Gasteiger partial charge in [0.25, 0.3) is 0 Å². The average Bonchev–Trinajstić information content (AvgIpc) is 2.45. The lowest BCUT2D eigenvalue weighted by atomic mass is 10.1. The second-order valence-corrected chi connectivity index (χ2v) is 5.26. The van der Waals surface area contributed by atoms with E-state index in [2.05, 4.69) is 19.2 Å². The zero-order valence-electron chi connectivity index (χ0n) is 10.6. The molecule has 0 saturated carbocycles. The van der Waals surface area contributed by atoms with Crippen molar-refractivity contribution in [1.29, 1.82) is 0 Å². The average molecular weight is 226 g/mol. The Balaban J connectivity index is 2.49. The first-order valence-corrected chi connectivity index (χ1v) is 5.98. The molecule has 4 nitrogen and oxygen atoms in total. The Hall–Kier alpha value is -1.06. The molecule has 1 aliphatic heterocycles. The predicted molar refractivity (Wildman–Crippen MR) is 62.8 cm³/mol. The second-order valence-electron chi connectivity index (χ2n) is 5.26. The molecule has 1 rings (SSSR count). The van der Waals surface area contributed by atoms with Crippen LogP contribution in [0.15, 0.2) is 0 Å². The van der Waals surface area contributed by atoms with E-state index in [1.54, 1.807) is 4.90 Å². The van der Waals surface area contributed by atoms with Gasteiger partial charge in [-0.2, -0.15) is 0 Å². The number of likely N-dealkylation sites (tertiary alicyclic amines) is 1. The maximum atomic E-state index is 11.7. The summed E-state index contributed by atoms with van der Waals surface area (Å²) in [6.45, 7) is 9.35. The molecule has 0 aliphatic carbocycles. The summed E-state index contributed by atoms with van der Waals surface area (Å²) >= 11 is 0. The minimum atomic E-state index is -0.159. The van der Waals surface area contributed by atoms with Crippen molar-refractivity contribution in [2.24, 2.45) is 11.8 Å². The maximum Gasteiger partial charge on any atom is 0.225 e. The summed E-state index contributed by atoms with van der Waals surface area (Å²) in [5, 5.41) is 2.86. The Morgan fingerprint density at radius 3 is 2.56 bits per heavy atom. The Bertz CT molecular complexity index is 274. The molecule has 0 radical (unpaired) electrons. The minimum absolute atomic E-state index is 0.00889. The molecule has 1 atom stereocenters. The van der Waals surface area contributed by atoms with E-state index in [1.807, 2.05) is 13.8 Å². The summed E-state index contributed by atoms with van der Waals surface area (Å²) in [5.74, 6) is 0.414. The van der Waals surface area contributed by atoms with Crippen LogP contribution >= 0.6 is 0 Å².